The van der Waals surface area contributed by atoms with Gasteiger partial charge in [0.25, 0.3) is 0 Å². The van der Waals surface area contributed by atoms with E-state index in [1.54, 1.807) is 6.07 Å². The second-order valence-corrected chi connectivity index (χ2v) is 6.19. The van der Waals surface area contributed by atoms with E-state index in [0.29, 0.717) is 11.7 Å². The Balaban J connectivity index is 2.05. The first-order valence-corrected chi connectivity index (χ1v) is 7.49. The van der Waals surface area contributed by atoms with E-state index in [0.717, 1.165) is 23.2 Å². The average Bonchev–Trinajstić information content (AvgIpc) is 2.71. The molecule has 2 rings (SSSR count). The van der Waals surface area contributed by atoms with Crippen molar-refractivity contribution in [2.24, 2.45) is 0 Å². The van der Waals surface area contributed by atoms with Gasteiger partial charge in [0.2, 0.25) is 0 Å². The summed E-state index contributed by atoms with van der Waals surface area (Å²) in [6.45, 7) is 5.22. The highest BCUT2D eigenvalue weighted by Crippen LogP contribution is 2.16. The minimum Gasteiger partial charge on any atom is -0.477 e. The number of likely N-dealkylation sites (tertiary alicyclic amines) is 1. The maximum atomic E-state index is 11.2. The summed E-state index contributed by atoms with van der Waals surface area (Å²) in [6.07, 6.45) is 5.77. The number of halogens is 1. The number of carboxylic acid groups (broad SMARTS) is 1. The van der Waals surface area contributed by atoms with Crippen LogP contribution in [0.25, 0.3) is 0 Å². The second-order valence-electron chi connectivity index (χ2n) is 4.95. The summed E-state index contributed by atoms with van der Waals surface area (Å²) in [4.78, 5) is 13.6. The molecule has 1 aliphatic rings. The Bertz CT molecular complexity index is 425. The fraction of sp³-hybridized carbons (Fsp3) is 0.615. The lowest BCUT2D eigenvalue weighted by Crippen LogP contribution is -2.40. The van der Waals surface area contributed by atoms with E-state index in [1.165, 1.54) is 19.3 Å². The van der Waals surface area contributed by atoms with E-state index in [1.807, 2.05) is 10.8 Å². The molecule has 1 unspecified atom stereocenters. The molecule has 0 aromatic carbocycles. The van der Waals surface area contributed by atoms with Gasteiger partial charge in [-0.3, -0.25) is 4.90 Å². The van der Waals surface area contributed by atoms with Gasteiger partial charge < -0.3 is 9.67 Å². The summed E-state index contributed by atoms with van der Waals surface area (Å²) < 4.78 is 2.85. The van der Waals surface area contributed by atoms with Gasteiger partial charge in [-0.25, -0.2) is 4.79 Å². The molecule has 1 saturated heterocycles. The molecule has 0 radical (unpaired) electrons. The smallest absolute Gasteiger partial charge is 0.352 e. The molecular formula is C13H19IN2O2. The van der Waals surface area contributed by atoms with Crippen LogP contribution in [-0.2, 0) is 6.54 Å². The summed E-state index contributed by atoms with van der Waals surface area (Å²) in [5, 5.41) is 9.16. The third-order valence-corrected chi connectivity index (χ3v) is 4.15. The van der Waals surface area contributed by atoms with Gasteiger partial charge in [-0.15, -0.1) is 0 Å². The van der Waals surface area contributed by atoms with Crippen molar-refractivity contribution >= 4 is 28.6 Å². The second kappa shape index (κ2) is 6.06. The minimum absolute atomic E-state index is 0.392. The predicted octanol–water partition coefficient (Wildman–Crippen LogP) is 2.67. The quantitative estimate of drug-likeness (QED) is 0.838. The minimum atomic E-state index is -0.844. The molecule has 2 heterocycles. The summed E-state index contributed by atoms with van der Waals surface area (Å²) in [5.74, 6) is -0.844. The molecule has 0 amide bonds. The van der Waals surface area contributed by atoms with Crippen LogP contribution >= 0.6 is 22.6 Å². The topological polar surface area (TPSA) is 45.5 Å². The van der Waals surface area contributed by atoms with Crippen LogP contribution in [0.5, 0.6) is 0 Å². The molecule has 0 spiro atoms. The van der Waals surface area contributed by atoms with Crippen molar-refractivity contribution in [1.29, 1.82) is 0 Å². The molecule has 5 heteroatoms. The normalized spacial score (nSPS) is 18.8. The Morgan fingerprint density at radius 1 is 1.44 bits per heavy atom. The molecule has 0 bridgehead atoms. The number of nitrogens with zero attached hydrogens (tertiary/aromatic N) is 2. The summed E-state index contributed by atoms with van der Waals surface area (Å²) in [7, 11) is 0. The molecular weight excluding hydrogens is 343 g/mol. The molecule has 18 heavy (non-hydrogen) atoms. The lowest BCUT2D eigenvalue weighted by Gasteiger charge is -2.32. The van der Waals surface area contributed by atoms with Crippen molar-refractivity contribution in [3.8, 4) is 0 Å². The predicted molar refractivity (Wildman–Crippen MR) is 79.0 cm³/mol. The van der Waals surface area contributed by atoms with E-state index in [2.05, 4.69) is 34.4 Å². The van der Waals surface area contributed by atoms with Crippen LogP contribution < -0.4 is 0 Å². The Kier molecular flexibility index (Phi) is 4.66. The van der Waals surface area contributed by atoms with Crippen molar-refractivity contribution in [3.63, 3.8) is 0 Å². The van der Waals surface area contributed by atoms with Crippen LogP contribution in [0.3, 0.4) is 0 Å². The molecule has 1 aliphatic heterocycles. The van der Waals surface area contributed by atoms with Gasteiger partial charge >= 0.3 is 5.97 Å². The summed E-state index contributed by atoms with van der Waals surface area (Å²) >= 11 is 2.16. The number of aromatic carboxylic acids is 1. The van der Waals surface area contributed by atoms with Gasteiger partial charge in [0.15, 0.2) is 0 Å². The van der Waals surface area contributed by atoms with Gasteiger partial charge in [0.05, 0.1) is 0 Å². The fourth-order valence-electron chi connectivity index (χ4n) is 2.56. The zero-order valence-corrected chi connectivity index (χ0v) is 12.8. The number of aromatic nitrogens is 1. The molecule has 1 fully saturated rings. The molecule has 1 atom stereocenters. The van der Waals surface area contributed by atoms with Gasteiger partial charge in [0, 0.05) is 22.4 Å². The maximum Gasteiger partial charge on any atom is 0.352 e. The van der Waals surface area contributed by atoms with E-state index >= 15 is 0 Å². The average molecular weight is 362 g/mol. The zero-order valence-electron chi connectivity index (χ0n) is 10.6. The van der Waals surface area contributed by atoms with Gasteiger partial charge in [0.1, 0.15) is 5.69 Å². The summed E-state index contributed by atoms with van der Waals surface area (Å²) in [6, 6.07) is 2.12. The number of carboxylic acids is 1. The SMILES string of the molecule is CC(Cn1cc(I)cc1C(=O)O)N1CCCCC1. The van der Waals surface area contributed by atoms with Crippen molar-refractivity contribution in [2.75, 3.05) is 13.1 Å². The molecule has 0 saturated carbocycles. The van der Waals surface area contributed by atoms with Crippen LogP contribution in [0.2, 0.25) is 0 Å². The lowest BCUT2D eigenvalue weighted by atomic mass is 10.1. The van der Waals surface area contributed by atoms with Gasteiger partial charge in [-0.2, -0.15) is 0 Å². The van der Waals surface area contributed by atoms with Crippen LogP contribution in [0.15, 0.2) is 12.3 Å². The van der Waals surface area contributed by atoms with E-state index in [9.17, 15) is 4.79 Å². The summed E-state index contributed by atoms with van der Waals surface area (Å²) in [5.41, 5.74) is 0.392. The Morgan fingerprint density at radius 2 is 2.11 bits per heavy atom. The van der Waals surface area contributed by atoms with Crippen molar-refractivity contribution in [2.45, 2.75) is 38.8 Å². The molecule has 4 nitrogen and oxygen atoms in total. The van der Waals surface area contributed by atoms with E-state index in [4.69, 9.17) is 5.11 Å². The van der Waals surface area contributed by atoms with Gasteiger partial charge in [-0.1, -0.05) is 6.42 Å². The number of carbonyl (C=O) groups is 1. The lowest BCUT2D eigenvalue weighted by molar-refractivity contribution is 0.0681. The highest BCUT2D eigenvalue weighted by Gasteiger charge is 2.19. The standard InChI is InChI=1S/C13H19IN2O2/c1-10(15-5-3-2-4-6-15)8-16-9-11(14)7-12(16)13(17)18/h7,9-10H,2-6,8H2,1H3,(H,17,18). The first kappa shape index (κ1) is 13.9. The van der Waals surface area contributed by atoms with Crippen LogP contribution in [0, 0.1) is 3.57 Å². The van der Waals surface area contributed by atoms with Crippen LogP contribution in [-0.4, -0.2) is 39.7 Å². The van der Waals surface area contributed by atoms with E-state index < -0.39 is 5.97 Å². The van der Waals surface area contributed by atoms with Gasteiger partial charge in [-0.05, 0) is 61.5 Å². The number of piperidine rings is 1. The number of hydrogen-bond acceptors (Lipinski definition) is 2. The maximum absolute atomic E-state index is 11.2. The zero-order chi connectivity index (χ0) is 13.1. The largest absolute Gasteiger partial charge is 0.477 e. The van der Waals surface area contributed by atoms with Crippen molar-refractivity contribution in [3.05, 3.63) is 21.5 Å². The fourth-order valence-corrected chi connectivity index (χ4v) is 3.20. The third kappa shape index (κ3) is 3.26. The first-order chi connectivity index (χ1) is 8.58. The van der Waals surface area contributed by atoms with Crippen LogP contribution in [0.4, 0.5) is 0 Å². The van der Waals surface area contributed by atoms with E-state index in [-0.39, 0.29) is 0 Å². The highest BCUT2D eigenvalue weighted by molar-refractivity contribution is 14.1. The van der Waals surface area contributed by atoms with Crippen molar-refractivity contribution in [1.82, 2.24) is 9.47 Å². The molecule has 1 aromatic rings. The Labute approximate surface area is 121 Å². The third-order valence-electron chi connectivity index (χ3n) is 3.56. The number of rotatable bonds is 4. The number of hydrogen-bond donors (Lipinski definition) is 1. The Hall–Kier alpha value is -0.560. The van der Waals surface area contributed by atoms with Crippen molar-refractivity contribution < 1.29 is 9.90 Å². The first-order valence-electron chi connectivity index (χ1n) is 6.41. The Morgan fingerprint density at radius 3 is 2.72 bits per heavy atom. The molecule has 100 valence electrons. The molecule has 1 N–H and O–H groups in total. The molecule has 0 aliphatic carbocycles. The highest BCUT2D eigenvalue weighted by atomic mass is 127. The monoisotopic (exact) mass is 362 g/mol. The molecule has 1 aromatic heterocycles. The van der Waals surface area contributed by atoms with Crippen LogP contribution in [0.1, 0.15) is 36.7 Å².